The van der Waals surface area contributed by atoms with Crippen LogP contribution < -0.4 is 5.32 Å². The molecule has 0 heterocycles. The molecule has 4 aliphatic rings. The standard InChI is InChI=1S/C33H48N2O3/c1-9-27(37)35-33-13-12-23-22-11-10-20(2)32(7,8)29(38)21(19-34)17-31(5,6)24(22)16-26(36)28(23)25(33)18-30(3,4)14-15-33/h16-17,20,22-23,25,28H,9-15,18H2,1-8H3,(H,35,37)/b21-17-. The van der Waals surface area contributed by atoms with E-state index in [0.717, 1.165) is 50.5 Å². The Bertz CT molecular complexity index is 1120. The highest BCUT2D eigenvalue weighted by Gasteiger charge is 2.59. The molecular formula is C33H48N2O3. The van der Waals surface area contributed by atoms with E-state index >= 15 is 0 Å². The highest BCUT2D eigenvalue weighted by Crippen LogP contribution is 2.59. The molecule has 38 heavy (non-hydrogen) atoms. The second-order valence-corrected chi connectivity index (χ2v) is 14.8. The first kappa shape index (κ1) is 28.8. The molecule has 6 unspecified atom stereocenters. The first-order valence-electron chi connectivity index (χ1n) is 14.8. The molecule has 4 aliphatic carbocycles. The van der Waals surface area contributed by atoms with Crippen molar-refractivity contribution >= 4 is 17.5 Å². The summed E-state index contributed by atoms with van der Waals surface area (Å²) in [4.78, 5) is 40.3. The second-order valence-electron chi connectivity index (χ2n) is 14.8. The molecule has 5 nitrogen and oxygen atoms in total. The van der Waals surface area contributed by atoms with Crippen molar-refractivity contribution in [1.29, 1.82) is 5.26 Å². The number of nitrogens with zero attached hydrogens (tertiary/aromatic N) is 1. The lowest BCUT2D eigenvalue weighted by Crippen LogP contribution is -2.64. The van der Waals surface area contributed by atoms with E-state index in [9.17, 15) is 19.6 Å². The summed E-state index contributed by atoms with van der Waals surface area (Å²) in [5.74, 6) is 0.751. The van der Waals surface area contributed by atoms with Gasteiger partial charge in [0.1, 0.15) is 6.07 Å². The number of fused-ring (bicyclic) bond motifs is 5. The maximum Gasteiger partial charge on any atom is 0.220 e. The summed E-state index contributed by atoms with van der Waals surface area (Å²) in [6.07, 6.45) is 10.7. The van der Waals surface area contributed by atoms with E-state index in [2.05, 4.69) is 46.0 Å². The highest BCUT2D eigenvalue weighted by atomic mass is 16.2. The molecule has 0 bridgehead atoms. The summed E-state index contributed by atoms with van der Waals surface area (Å²) in [6, 6.07) is 2.20. The Hall–Kier alpha value is -2.22. The van der Waals surface area contributed by atoms with E-state index < -0.39 is 10.8 Å². The second kappa shape index (κ2) is 9.76. The van der Waals surface area contributed by atoms with Gasteiger partial charge in [-0.1, -0.05) is 67.0 Å². The minimum Gasteiger partial charge on any atom is -0.350 e. The van der Waals surface area contributed by atoms with Crippen LogP contribution in [0.3, 0.4) is 0 Å². The minimum absolute atomic E-state index is 0.0855. The molecule has 2 saturated carbocycles. The van der Waals surface area contributed by atoms with Crippen LogP contribution in [-0.2, 0) is 14.4 Å². The fourth-order valence-corrected chi connectivity index (χ4v) is 8.34. The zero-order valence-electron chi connectivity index (χ0n) is 24.9. The molecule has 0 aromatic rings. The van der Waals surface area contributed by atoms with Crippen molar-refractivity contribution in [2.45, 2.75) is 112 Å². The lowest BCUT2D eigenvalue weighted by atomic mass is 9.47. The van der Waals surface area contributed by atoms with Gasteiger partial charge < -0.3 is 5.32 Å². The van der Waals surface area contributed by atoms with Crippen molar-refractivity contribution in [3.05, 3.63) is 23.3 Å². The highest BCUT2D eigenvalue weighted by molar-refractivity contribution is 6.03. The molecule has 2 fully saturated rings. The minimum atomic E-state index is -0.623. The lowest BCUT2D eigenvalue weighted by Gasteiger charge is -2.59. The normalized spacial score (nSPS) is 39.2. The molecule has 0 saturated heterocycles. The largest absolute Gasteiger partial charge is 0.350 e. The molecule has 0 aliphatic heterocycles. The summed E-state index contributed by atoms with van der Waals surface area (Å²) in [7, 11) is 0. The van der Waals surface area contributed by atoms with E-state index in [0.29, 0.717) is 6.42 Å². The van der Waals surface area contributed by atoms with Gasteiger partial charge in [0.15, 0.2) is 11.6 Å². The Morgan fingerprint density at radius 2 is 1.74 bits per heavy atom. The molecular weight excluding hydrogens is 472 g/mol. The Kier molecular flexibility index (Phi) is 7.39. The third-order valence-electron chi connectivity index (χ3n) is 11.1. The average Bonchev–Trinajstić information content (AvgIpc) is 2.85. The number of amides is 1. The fraction of sp³-hybridized carbons (Fsp3) is 0.758. The number of Topliss-reactive ketones (excluding diaryl/α,β-unsaturated/α-hetero) is 1. The van der Waals surface area contributed by atoms with Crippen LogP contribution in [0.15, 0.2) is 23.3 Å². The first-order valence-corrected chi connectivity index (χ1v) is 14.8. The quantitative estimate of drug-likeness (QED) is 0.437. The number of nitrogens with one attached hydrogen (secondary N) is 1. The van der Waals surface area contributed by atoms with Crippen LogP contribution in [0.1, 0.15) is 107 Å². The molecule has 1 amide bonds. The third kappa shape index (κ3) is 4.82. The van der Waals surface area contributed by atoms with Crippen molar-refractivity contribution in [3.8, 4) is 6.07 Å². The Balaban J connectivity index is 1.83. The van der Waals surface area contributed by atoms with Crippen molar-refractivity contribution < 1.29 is 14.4 Å². The molecule has 0 aromatic heterocycles. The number of ketones is 2. The van der Waals surface area contributed by atoms with Gasteiger partial charge in [0.05, 0.1) is 5.57 Å². The zero-order valence-corrected chi connectivity index (χ0v) is 24.9. The topological polar surface area (TPSA) is 87.0 Å². The van der Waals surface area contributed by atoms with Gasteiger partial charge in [-0.3, -0.25) is 14.4 Å². The van der Waals surface area contributed by atoms with E-state index in [1.165, 1.54) is 0 Å². The van der Waals surface area contributed by atoms with Gasteiger partial charge in [-0.15, -0.1) is 0 Å². The average molecular weight is 521 g/mol. The zero-order chi connectivity index (χ0) is 28.3. The molecule has 0 spiro atoms. The van der Waals surface area contributed by atoms with E-state index in [-0.39, 0.29) is 63.6 Å². The Labute approximate surface area is 229 Å². The SMILES string of the molecule is CCC(=O)NC12CCC3C4CCC(C)C(C)(C)C(=O)/C(C#N)=C\C(C)(C)C4=CC(=O)C3C1CC(C)(C)CC2. The van der Waals surface area contributed by atoms with E-state index in [4.69, 9.17) is 0 Å². The summed E-state index contributed by atoms with van der Waals surface area (Å²) in [6.45, 7) is 16.7. The van der Waals surface area contributed by atoms with Gasteiger partial charge in [0, 0.05) is 28.7 Å². The van der Waals surface area contributed by atoms with Crippen LogP contribution in [0.4, 0.5) is 0 Å². The summed E-state index contributed by atoms with van der Waals surface area (Å²) in [5, 5.41) is 13.4. The Morgan fingerprint density at radius 1 is 1.05 bits per heavy atom. The van der Waals surface area contributed by atoms with Gasteiger partial charge in [-0.2, -0.15) is 5.26 Å². The van der Waals surface area contributed by atoms with Gasteiger partial charge in [-0.05, 0) is 80.1 Å². The number of rotatable bonds is 2. The number of hydrogen-bond acceptors (Lipinski definition) is 4. The van der Waals surface area contributed by atoms with Crippen LogP contribution in [0.5, 0.6) is 0 Å². The smallest absolute Gasteiger partial charge is 0.220 e. The number of carbonyl (C=O) groups excluding carboxylic acids is 3. The predicted octanol–water partition coefficient (Wildman–Crippen LogP) is 6.73. The Morgan fingerprint density at radius 3 is 2.37 bits per heavy atom. The third-order valence-corrected chi connectivity index (χ3v) is 11.1. The van der Waals surface area contributed by atoms with Crippen molar-refractivity contribution in [2.24, 2.45) is 45.8 Å². The fourth-order valence-electron chi connectivity index (χ4n) is 8.34. The van der Waals surface area contributed by atoms with E-state index in [1.54, 1.807) is 0 Å². The first-order chi connectivity index (χ1) is 17.6. The van der Waals surface area contributed by atoms with Crippen LogP contribution in [0.2, 0.25) is 0 Å². The van der Waals surface area contributed by atoms with Crippen molar-refractivity contribution in [2.75, 3.05) is 0 Å². The molecule has 1 N–H and O–H groups in total. The van der Waals surface area contributed by atoms with Crippen LogP contribution in [-0.4, -0.2) is 23.0 Å². The number of nitriles is 1. The van der Waals surface area contributed by atoms with Crippen LogP contribution in [0, 0.1) is 57.2 Å². The number of carbonyl (C=O) groups is 3. The van der Waals surface area contributed by atoms with Gasteiger partial charge >= 0.3 is 0 Å². The summed E-state index contributed by atoms with van der Waals surface area (Å²) in [5.41, 5.74) is -0.0672. The predicted molar refractivity (Wildman–Crippen MR) is 150 cm³/mol. The molecule has 5 heteroatoms. The lowest BCUT2D eigenvalue weighted by molar-refractivity contribution is -0.139. The van der Waals surface area contributed by atoms with E-state index in [1.807, 2.05) is 32.9 Å². The number of allylic oxidation sites excluding steroid dienone is 4. The molecule has 0 aromatic carbocycles. The summed E-state index contributed by atoms with van der Waals surface area (Å²) < 4.78 is 0. The maximum absolute atomic E-state index is 14.1. The monoisotopic (exact) mass is 520 g/mol. The van der Waals surface area contributed by atoms with Crippen molar-refractivity contribution in [1.82, 2.24) is 5.32 Å². The summed E-state index contributed by atoms with van der Waals surface area (Å²) >= 11 is 0. The molecule has 0 radical (unpaired) electrons. The van der Waals surface area contributed by atoms with Gasteiger partial charge in [0.25, 0.3) is 0 Å². The van der Waals surface area contributed by atoms with Gasteiger partial charge in [-0.25, -0.2) is 0 Å². The molecule has 6 atom stereocenters. The molecule has 4 rings (SSSR count). The maximum atomic E-state index is 14.1. The van der Waals surface area contributed by atoms with Crippen LogP contribution >= 0.6 is 0 Å². The molecule has 208 valence electrons. The van der Waals surface area contributed by atoms with Crippen molar-refractivity contribution in [3.63, 3.8) is 0 Å². The van der Waals surface area contributed by atoms with Crippen LogP contribution in [0.25, 0.3) is 0 Å². The number of hydrogen-bond donors (Lipinski definition) is 1. The van der Waals surface area contributed by atoms with Gasteiger partial charge in [0.2, 0.25) is 5.91 Å².